The fourth-order valence-electron chi connectivity index (χ4n) is 3.03. The van der Waals surface area contributed by atoms with Crippen LogP contribution < -0.4 is 25.1 Å². The van der Waals surface area contributed by atoms with E-state index in [4.69, 9.17) is 19.5 Å². The Morgan fingerprint density at radius 3 is 2.03 bits per heavy atom. The van der Waals surface area contributed by atoms with Gasteiger partial charge in [0.2, 0.25) is 5.91 Å². The van der Waals surface area contributed by atoms with Crippen LogP contribution in [0.3, 0.4) is 0 Å². The van der Waals surface area contributed by atoms with E-state index in [1.165, 1.54) is 14.2 Å². The van der Waals surface area contributed by atoms with Gasteiger partial charge in [0.15, 0.2) is 18.1 Å². The number of ether oxygens (including phenoxy) is 3. The number of carbonyl (C=O) groups excluding carboxylic acids is 2. The molecule has 0 saturated carbocycles. The van der Waals surface area contributed by atoms with E-state index < -0.39 is 5.91 Å². The summed E-state index contributed by atoms with van der Waals surface area (Å²) in [5.74, 6) is 0.718. The molecule has 33 heavy (non-hydrogen) atoms. The van der Waals surface area contributed by atoms with Crippen LogP contribution in [0.2, 0.25) is 0 Å². The van der Waals surface area contributed by atoms with Crippen LogP contribution in [0.15, 0.2) is 66.7 Å². The number of rotatable bonds is 8. The van der Waals surface area contributed by atoms with Gasteiger partial charge in [0, 0.05) is 0 Å². The van der Waals surface area contributed by atoms with Gasteiger partial charge in [0.25, 0.3) is 5.91 Å². The third kappa shape index (κ3) is 6.48. The highest BCUT2D eigenvalue weighted by molar-refractivity contribution is 5.84. The summed E-state index contributed by atoms with van der Waals surface area (Å²) in [6, 6.07) is 21.7. The minimum Gasteiger partial charge on any atom is -0.493 e. The highest BCUT2D eigenvalue weighted by Gasteiger charge is 2.10. The van der Waals surface area contributed by atoms with Gasteiger partial charge in [-0.05, 0) is 53.1 Å². The number of hydrazine groups is 1. The predicted molar refractivity (Wildman–Crippen MR) is 122 cm³/mol. The van der Waals surface area contributed by atoms with Gasteiger partial charge in [-0.15, -0.1) is 0 Å². The molecule has 0 bridgehead atoms. The largest absolute Gasteiger partial charge is 0.493 e. The Bertz CT molecular complexity index is 1150. The second-order valence-electron chi connectivity index (χ2n) is 6.96. The van der Waals surface area contributed by atoms with Crippen LogP contribution in [-0.2, 0) is 16.0 Å². The van der Waals surface area contributed by atoms with Crippen molar-refractivity contribution in [2.45, 2.75) is 6.42 Å². The molecule has 0 heterocycles. The van der Waals surface area contributed by atoms with Crippen LogP contribution in [0.4, 0.5) is 0 Å². The zero-order chi connectivity index (χ0) is 23.6. The summed E-state index contributed by atoms with van der Waals surface area (Å²) in [6.45, 7) is -0.257. The number of amides is 2. The zero-order valence-electron chi connectivity index (χ0n) is 18.3. The molecule has 3 aromatic carbocycles. The normalized spacial score (nSPS) is 9.97. The van der Waals surface area contributed by atoms with E-state index in [0.717, 1.165) is 11.1 Å². The van der Waals surface area contributed by atoms with Crippen LogP contribution in [-0.4, -0.2) is 32.6 Å². The molecule has 0 radical (unpaired) electrons. The van der Waals surface area contributed by atoms with Crippen molar-refractivity contribution in [2.75, 3.05) is 20.8 Å². The first-order valence-corrected chi connectivity index (χ1v) is 10.0. The van der Waals surface area contributed by atoms with E-state index >= 15 is 0 Å². The SMILES string of the molecule is COc1ccc(CC(=O)NNC(=O)COc2ccc(-c3ccc(C#N)cc3)cc2)cc1OC. The van der Waals surface area contributed by atoms with Crippen molar-refractivity contribution in [2.24, 2.45) is 0 Å². The predicted octanol–water partition coefficient (Wildman–Crippen LogP) is 3.01. The second kappa shape index (κ2) is 11.2. The molecular weight excluding hydrogens is 422 g/mol. The molecule has 3 aromatic rings. The third-order valence-electron chi connectivity index (χ3n) is 4.73. The van der Waals surface area contributed by atoms with Gasteiger partial charge < -0.3 is 14.2 Å². The topological polar surface area (TPSA) is 110 Å². The minimum absolute atomic E-state index is 0.0539. The van der Waals surface area contributed by atoms with Crippen molar-refractivity contribution in [1.82, 2.24) is 10.9 Å². The summed E-state index contributed by atoms with van der Waals surface area (Å²) in [5.41, 5.74) is 7.92. The Labute approximate surface area is 191 Å². The van der Waals surface area contributed by atoms with Crippen LogP contribution in [0.25, 0.3) is 11.1 Å². The second-order valence-corrected chi connectivity index (χ2v) is 6.96. The first-order chi connectivity index (χ1) is 16.0. The summed E-state index contributed by atoms with van der Waals surface area (Å²) in [5, 5.41) is 8.88. The number of benzene rings is 3. The highest BCUT2D eigenvalue weighted by Crippen LogP contribution is 2.27. The lowest BCUT2D eigenvalue weighted by atomic mass is 10.0. The maximum absolute atomic E-state index is 12.1. The van der Waals surface area contributed by atoms with Gasteiger partial charge in [-0.2, -0.15) is 5.26 Å². The Morgan fingerprint density at radius 2 is 1.42 bits per heavy atom. The number of nitrogens with zero attached hydrogens (tertiary/aromatic N) is 1. The number of nitriles is 1. The highest BCUT2D eigenvalue weighted by atomic mass is 16.5. The average molecular weight is 445 g/mol. The van der Waals surface area contributed by atoms with Crippen LogP contribution in [0.5, 0.6) is 17.2 Å². The summed E-state index contributed by atoms with van der Waals surface area (Å²) in [4.78, 5) is 24.1. The lowest BCUT2D eigenvalue weighted by Crippen LogP contribution is -2.44. The Hall–Kier alpha value is -4.51. The smallest absolute Gasteiger partial charge is 0.276 e. The molecule has 0 fully saturated rings. The summed E-state index contributed by atoms with van der Waals surface area (Å²) in [7, 11) is 3.05. The van der Waals surface area contributed by atoms with Gasteiger partial charge in [0.1, 0.15) is 5.75 Å². The average Bonchev–Trinajstić information content (AvgIpc) is 2.86. The molecule has 0 aliphatic carbocycles. The van der Waals surface area contributed by atoms with Gasteiger partial charge in [-0.3, -0.25) is 20.4 Å². The molecule has 0 aromatic heterocycles. The zero-order valence-corrected chi connectivity index (χ0v) is 18.3. The van der Waals surface area contributed by atoms with Gasteiger partial charge in [-0.25, -0.2) is 0 Å². The molecule has 0 spiro atoms. The van der Waals surface area contributed by atoms with Crippen molar-refractivity contribution >= 4 is 11.8 Å². The molecule has 8 nitrogen and oxygen atoms in total. The number of nitrogens with one attached hydrogen (secondary N) is 2. The van der Waals surface area contributed by atoms with Crippen molar-refractivity contribution in [1.29, 1.82) is 5.26 Å². The molecule has 0 saturated heterocycles. The first kappa shape index (κ1) is 23.2. The Kier molecular flexibility index (Phi) is 7.86. The maximum atomic E-state index is 12.1. The van der Waals surface area contributed by atoms with E-state index in [1.807, 2.05) is 24.3 Å². The Balaban J connectivity index is 1.44. The molecule has 0 aliphatic heterocycles. The molecular formula is C25H23N3O5. The molecule has 2 N–H and O–H groups in total. The van der Waals surface area contributed by atoms with E-state index in [-0.39, 0.29) is 18.9 Å². The molecule has 3 rings (SSSR count). The molecule has 0 atom stereocenters. The van der Waals surface area contributed by atoms with Crippen molar-refractivity contribution in [3.8, 4) is 34.4 Å². The summed E-state index contributed by atoms with van der Waals surface area (Å²) in [6.07, 6.45) is 0.0539. The lowest BCUT2D eigenvalue weighted by Gasteiger charge is -2.11. The maximum Gasteiger partial charge on any atom is 0.276 e. The van der Waals surface area contributed by atoms with E-state index in [0.29, 0.717) is 28.4 Å². The standard InChI is InChI=1S/C25H23N3O5/c1-31-22-12-5-18(13-23(22)32-2)14-24(29)27-28-25(30)16-33-21-10-8-20(9-11-21)19-6-3-17(15-26)4-7-19/h3-13H,14,16H2,1-2H3,(H,27,29)(H,28,30). The van der Waals surface area contributed by atoms with Crippen molar-refractivity contribution in [3.63, 3.8) is 0 Å². The van der Waals surface area contributed by atoms with E-state index in [9.17, 15) is 9.59 Å². The number of methoxy groups -OCH3 is 2. The number of carbonyl (C=O) groups is 2. The molecule has 168 valence electrons. The fraction of sp³-hybridized carbons (Fsp3) is 0.160. The minimum atomic E-state index is -0.494. The number of hydrogen-bond donors (Lipinski definition) is 2. The van der Waals surface area contributed by atoms with E-state index in [1.54, 1.807) is 42.5 Å². The fourth-order valence-corrected chi connectivity index (χ4v) is 3.03. The number of hydrogen-bond acceptors (Lipinski definition) is 6. The third-order valence-corrected chi connectivity index (χ3v) is 4.73. The van der Waals surface area contributed by atoms with Crippen LogP contribution in [0.1, 0.15) is 11.1 Å². The molecule has 8 heteroatoms. The quantitative estimate of drug-likeness (QED) is 0.516. The molecule has 0 aliphatic rings. The monoisotopic (exact) mass is 445 g/mol. The first-order valence-electron chi connectivity index (χ1n) is 10.0. The van der Waals surface area contributed by atoms with E-state index in [2.05, 4.69) is 16.9 Å². The molecule has 0 unspecified atom stereocenters. The van der Waals surface area contributed by atoms with Crippen molar-refractivity contribution < 1.29 is 23.8 Å². The lowest BCUT2D eigenvalue weighted by molar-refractivity contribution is -0.129. The van der Waals surface area contributed by atoms with Gasteiger partial charge >= 0.3 is 0 Å². The van der Waals surface area contributed by atoms with Gasteiger partial charge in [0.05, 0.1) is 32.3 Å². The summed E-state index contributed by atoms with van der Waals surface area (Å²) < 4.78 is 15.9. The molecule has 2 amide bonds. The van der Waals surface area contributed by atoms with Gasteiger partial charge in [-0.1, -0.05) is 30.3 Å². The van der Waals surface area contributed by atoms with Crippen LogP contribution >= 0.6 is 0 Å². The van der Waals surface area contributed by atoms with Crippen LogP contribution in [0, 0.1) is 11.3 Å². The van der Waals surface area contributed by atoms with Crippen molar-refractivity contribution in [3.05, 3.63) is 77.9 Å². The Morgan fingerprint density at radius 1 is 0.818 bits per heavy atom. The summed E-state index contributed by atoms with van der Waals surface area (Å²) >= 11 is 0.